The number of benzene rings is 1. The quantitative estimate of drug-likeness (QED) is 0.651. The average Bonchev–Trinajstić information content (AvgIpc) is 2.53. The van der Waals surface area contributed by atoms with E-state index in [1.807, 2.05) is 29.8 Å². The van der Waals surface area contributed by atoms with Crippen molar-refractivity contribution < 1.29 is 18.9 Å². The van der Waals surface area contributed by atoms with Crippen LogP contribution in [0.3, 0.4) is 0 Å². The third-order valence-electron chi connectivity index (χ3n) is 3.67. The third-order valence-corrected chi connectivity index (χ3v) is 3.94. The number of carbonyl (C=O) groups excluding carboxylic acids is 1. The van der Waals surface area contributed by atoms with Crippen molar-refractivity contribution in [1.82, 2.24) is 0 Å². The number of aromatic nitrogens is 1. The molecular weight excluding hydrogens is 316 g/mol. The second-order valence-corrected chi connectivity index (χ2v) is 5.70. The molecule has 0 bridgehead atoms. The summed E-state index contributed by atoms with van der Waals surface area (Å²) < 4.78 is 12.6. The first-order valence-electron chi connectivity index (χ1n) is 7.45. The summed E-state index contributed by atoms with van der Waals surface area (Å²) in [5.74, 6) is 1.78. The van der Waals surface area contributed by atoms with Gasteiger partial charge < -0.3 is 9.47 Å². The first-order chi connectivity index (χ1) is 11.0. The predicted octanol–water partition coefficient (Wildman–Crippen LogP) is 2.71. The van der Waals surface area contributed by atoms with E-state index in [-0.39, 0.29) is 5.91 Å². The number of nitrogens with zero attached hydrogens (tertiary/aromatic N) is 1. The second kappa shape index (κ2) is 7.51. The minimum atomic E-state index is -0.120. The number of alkyl halides is 1. The smallest absolute Gasteiger partial charge is 0.271 e. The van der Waals surface area contributed by atoms with E-state index in [0.717, 1.165) is 35.0 Å². The average molecular weight is 338 g/mol. The molecule has 1 amide bonds. The van der Waals surface area contributed by atoms with Crippen LogP contribution in [0.5, 0.6) is 11.5 Å². The van der Waals surface area contributed by atoms with E-state index in [9.17, 15) is 4.79 Å². The Kier molecular flexibility index (Phi) is 5.66. The molecule has 2 rings (SSSR count). The predicted molar refractivity (Wildman–Crippen MR) is 91.1 cm³/mol. The topological polar surface area (TPSA) is 51.4 Å². The van der Waals surface area contributed by atoms with Crippen LogP contribution in [0.25, 0.3) is 10.8 Å². The number of nitrogens with one attached hydrogen (secondary N) is 1. The van der Waals surface area contributed by atoms with Crippen molar-refractivity contribution in [3.8, 4) is 11.5 Å². The Morgan fingerprint density at radius 1 is 1.22 bits per heavy atom. The van der Waals surface area contributed by atoms with Gasteiger partial charge in [-0.2, -0.15) is 0 Å². The van der Waals surface area contributed by atoms with Gasteiger partial charge in [-0.25, -0.2) is 0 Å². The minimum Gasteiger partial charge on any atom is -0.493 e. The van der Waals surface area contributed by atoms with Crippen molar-refractivity contribution in [2.45, 2.75) is 26.7 Å². The van der Waals surface area contributed by atoms with Crippen LogP contribution in [0.4, 0.5) is 0 Å². The Morgan fingerprint density at radius 2 is 1.87 bits per heavy atom. The Labute approximate surface area is 141 Å². The molecule has 0 unspecified atom stereocenters. The number of ether oxygens (including phenoxy) is 2. The Balaban J connectivity index is 2.74. The lowest BCUT2D eigenvalue weighted by Gasteiger charge is -2.12. The van der Waals surface area contributed by atoms with Crippen molar-refractivity contribution in [2.75, 3.05) is 25.5 Å². The molecule has 0 atom stereocenters. The van der Waals surface area contributed by atoms with Crippen LogP contribution in [0, 0.1) is 6.92 Å². The molecule has 1 heterocycles. The van der Waals surface area contributed by atoms with E-state index in [2.05, 4.69) is 5.43 Å². The highest BCUT2D eigenvalue weighted by Gasteiger charge is 2.22. The highest BCUT2D eigenvalue weighted by molar-refractivity contribution is 6.17. The van der Waals surface area contributed by atoms with Gasteiger partial charge in [0.05, 0.1) is 19.6 Å². The van der Waals surface area contributed by atoms with Crippen LogP contribution in [0.1, 0.15) is 24.7 Å². The monoisotopic (exact) mass is 337 g/mol. The van der Waals surface area contributed by atoms with Crippen LogP contribution in [-0.2, 0) is 11.2 Å². The molecule has 23 heavy (non-hydrogen) atoms. The molecule has 0 radical (unpaired) electrons. The summed E-state index contributed by atoms with van der Waals surface area (Å²) in [4.78, 5) is 11.5. The van der Waals surface area contributed by atoms with Crippen LogP contribution in [-0.4, -0.2) is 26.0 Å². The maximum absolute atomic E-state index is 11.5. The van der Waals surface area contributed by atoms with Crippen LogP contribution in [0.15, 0.2) is 18.2 Å². The fraction of sp³-hybridized carbons (Fsp3) is 0.412. The van der Waals surface area contributed by atoms with Gasteiger partial charge in [-0.05, 0) is 23.9 Å². The van der Waals surface area contributed by atoms with Gasteiger partial charge in [-0.1, -0.05) is 4.68 Å². The number of pyridine rings is 1. The summed E-state index contributed by atoms with van der Waals surface area (Å²) in [6.45, 7) is 3.45. The molecule has 1 aromatic carbocycles. The maximum Gasteiger partial charge on any atom is 0.271 e. The number of amides is 1. The van der Waals surface area contributed by atoms with Crippen molar-refractivity contribution in [3.63, 3.8) is 0 Å². The van der Waals surface area contributed by atoms with Gasteiger partial charge in [-0.3, -0.25) is 4.79 Å². The lowest BCUT2D eigenvalue weighted by Crippen LogP contribution is -2.53. The van der Waals surface area contributed by atoms with Crippen LogP contribution >= 0.6 is 11.6 Å². The highest BCUT2D eigenvalue weighted by atomic mass is 35.5. The normalized spacial score (nSPS) is 10.7. The van der Waals surface area contributed by atoms with Gasteiger partial charge in [0.1, 0.15) is 0 Å². The Hall–Kier alpha value is -2.01. The molecule has 0 spiro atoms. The summed E-state index contributed by atoms with van der Waals surface area (Å²) in [5.41, 5.74) is 4.80. The fourth-order valence-electron chi connectivity index (χ4n) is 2.68. The van der Waals surface area contributed by atoms with Gasteiger partial charge in [0.15, 0.2) is 11.5 Å². The molecule has 124 valence electrons. The Morgan fingerprint density at radius 3 is 2.43 bits per heavy atom. The molecule has 0 saturated carbocycles. The first-order valence-corrected chi connectivity index (χ1v) is 7.99. The lowest BCUT2D eigenvalue weighted by molar-refractivity contribution is -0.655. The summed E-state index contributed by atoms with van der Waals surface area (Å²) in [7, 11) is 3.23. The summed E-state index contributed by atoms with van der Waals surface area (Å²) in [6.07, 6.45) is 1.56. The molecule has 1 N–H and O–H groups in total. The number of halogens is 1. The zero-order valence-electron chi connectivity index (χ0n) is 13.9. The molecule has 5 nitrogen and oxygen atoms in total. The van der Waals surface area contributed by atoms with Crippen LogP contribution < -0.4 is 19.6 Å². The standard InChI is InChI=1S/C17H21ClN2O3/c1-11-8-13-9-16(22-3)17(23-4)10-14(13)15(6-5-7-18)20(11)19-12(2)21/h8-10H,5-7H2,1-4H3/p+1. The van der Waals surface area contributed by atoms with E-state index in [1.165, 1.54) is 6.92 Å². The van der Waals surface area contributed by atoms with Gasteiger partial charge >= 0.3 is 0 Å². The van der Waals surface area contributed by atoms with Gasteiger partial charge in [0.25, 0.3) is 5.91 Å². The second-order valence-electron chi connectivity index (χ2n) is 5.32. The van der Waals surface area contributed by atoms with Gasteiger partial charge in [-0.15, -0.1) is 17.0 Å². The lowest BCUT2D eigenvalue weighted by atomic mass is 10.0. The molecule has 1 aromatic heterocycles. The molecule has 0 fully saturated rings. The third kappa shape index (κ3) is 3.67. The van der Waals surface area contributed by atoms with E-state index >= 15 is 0 Å². The van der Waals surface area contributed by atoms with E-state index in [4.69, 9.17) is 21.1 Å². The molecule has 0 saturated heterocycles. The summed E-state index contributed by atoms with van der Waals surface area (Å²) in [6, 6.07) is 5.90. The number of methoxy groups -OCH3 is 2. The SMILES string of the molecule is COc1cc2cc(C)[n+](NC(C)=O)c(CCCCl)c2cc1OC. The van der Waals surface area contributed by atoms with Crippen LogP contribution in [0.2, 0.25) is 0 Å². The van der Waals surface area contributed by atoms with E-state index in [1.54, 1.807) is 14.2 Å². The number of fused-ring (bicyclic) bond motifs is 1. The molecule has 6 heteroatoms. The summed E-state index contributed by atoms with van der Waals surface area (Å²) in [5, 5.41) is 2.04. The molecule has 0 aliphatic heterocycles. The number of aryl methyl sites for hydroxylation is 2. The zero-order valence-corrected chi connectivity index (χ0v) is 14.7. The van der Waals surface area contributed by atoms with Crippen molar-refractivity contribution in [1.29, 1.82) is 0 Å². The fourth-order valence-corrected chi connectivity index (χ4v) is 2.81. The van der Waals surface area contributed by atoms with E-state index in [0.29, 0.717) is 17.4 Å². The summed E-state index contributed by atoms with van der Waals surface area (Å²) >= 11 is 5.87. The van der Waals surface area contributed by atoms with Crippen molar-refractivity contribution >= 4 is 28.3 Å². The molecule has 0 aliphatic carbocycles. The van der Waals surface area contributed by atoms with E-state index < -0.39 is 0 Å². The maximum atomic E-state index is 11.5. The van der Waals surface area contributed by atoms with Crippen molar-refractivity contribution in [2.24, 2.45) is 0 Å². The number of rotatable bonds is 6. The molecule has 2 aromatic rings. The first kappa shape index (κ1) is 17.3. The van der Waals surface area contributed by atoms with Crippen molar-refractivity contribution in [3.05, 3.63) is 29.6 Å². The Bertz CT molecular complexity index is 732. The number of carbonyl (C=O) groups is 1. The molecule has 0 aliphatic rings. The van der Waals surface area contributed by atoms with Gasteiger partial charge in [0.2, 0.25) is 11.4 Å². The number of hydrogen-bond acceptors (Lipinski definition) is 3. The zero-order chi connectivity index (χ0) is 17.0. The van der Waals surface area contributed by atoms with Gasteiger partial charge in [0, 0.05) is 32.2 Å². The highest BCUT2D eigenvalue weighted by Crippen LogP contribution is 2.33. The molecular formula is C17H22ClN2O3+. The minimum absolute atomic E-state index is 0.120. The largest absolute Gasteiger partial charge is 0.493 e. The number of hydrogen-bond donors (Lipinski definition) is 1.